The van der Waals surface area contributed by atoms with Gasteiger partial charge in [-0.05, 0) is 32.9 Å². The van der Waals surface area contributed by atoms with E-state index in [-0.39, 0.29) is 27.6 Å². The Balaban J connectivity index is 1.66. The average Bonchev–Trinajstić information content (AvgIpc) is 3.14. The topological polar surface area (TPSA) is 130 Å². The van der Waals surface area contributed by atoms with Crippen LogP contribution in [0.25, 0.3) is 11.3 Å². The van der Waals surface area contributed by atoms with Crippen LogP contribution in [0.1, 0.15) is 30.0 Å². The van der Waals surface area contributed by atoms with Crippen molar-refractivity contribution in [1.82, 2.24) is 15.4 Å². The monoisotopic (exact) mass is 469 g/mol. The first-order chi connectivity index (χ1) is 14.5. The number of nitrogens with one attached hydrogen (secondary N) is 1. The summed E-state index contributed by atoms with van der Waals surface area (Å²) >= 11 is 6.08. The van der Waals surface area contributed by atoms with Gasteiger partial charge >= 0.3 is 5.97 Å². The number of carboxylic acids is 1. The van der Waals surface area contributed by atoms with E-state index in [2.05, 4.69) is 10.5 Å². The normalized spacial score (nSPS) is 26.4. The molecule has 2 aromatic rings. The Kier molecular flexibility index (Phi) is 4.93. The highest BCUT2D eigenvalue weighted by atomic mass is 35.5. The standard InChI is InChI=1S/C19H17ClFN3O6S/c1-7-10(12(23-30-7)11-8(20)5-4-6-9(11)21)15(25)22-13-16(26)24-14(18(27)28)19(2,3)31(29)17(13)24/h4-6,13-14,17H,1-3H3,(H,22,25)(H,27,28)/t13-,14+,17-,31?/m1/s1. The fourth-order valence-corrected chi connectivity index (χ4v) is 6.21. The number of benzene rings is 1. The average molecular weight is 470 g/mol. The Hall–Kier alpha value is -2.79. The zero-order chi connectivity index (χ0) is 22.8. The van der Waals surface area contributed by atoms with Gasteiger partial charge in [-0.2, -0.15) is 0 Å². The van der Waals surface area contributed by atoms with Crippen molar-refractivity contribution >= 4 is 40.2 Å². The van der Waals surface area contributed by atoms with E-state index in [1.54, 1.807) is 0 Å². The van der Waals surface area contributed by atoms with Gasteiger partial charge in [0.05, 0.1) is 26.1 Å². The minimum absolute atomic E-state index is 0.0104. The largest absolute Gasteiger partial charge is 0.480 e. The van der Waals surface area contributed by atoms with Gasteiger partial charge in [-0.3, -0.25) is 13.8 Å². The molecule has 0 saturated carbocycles. The highest BCUT2D eigenvalue weighted by molar-refractivity contribution is 7.87. The Morgan fingerprint density at radius 3 is 2.68 bits per heavy atom. The third kappa shape index (κ3) is 2.98. The molecule has 12 heteroatoms. The summed E-state index contributed by atoms with van der Waals surface area (Å²) in [6, 6.07) is 1.50. The fraction of sp³-hybridized carbons (Fsp3) is 0.368. The lowest BCUT2D eigenvalue weighted by Crippen LogP contribution is -2.71. The SMILES string of the molecule is Cc1onc(-c2c(F)cccc2Cl)c1C(=O)N[C@@H]1C(=O)N2[C@@H]1S(=O)C(C)(C)[C@@H]2C(=O)O. The number of nitrogens with zero attached hydrogens (tertiary/aromatic N) is 2. The zero-order valence-electron chi connectivity index (χ0n) is 16.5. The third-order valence-electron chi connectivity index (χ3n) is 5.56. The number of fused-ring (bicyclic) bond motifs is 1. The Morgan fingerprint density at radius 1 is 1.39 bits per heavy atom. The summed E-state index contributed by atoms with van der Waals surface area (Å²) in [5, 5.41) is 14.7. The molecule has 0 spiro atoms. The van der Waals surface area contributed by atoms with E-state index in [1.165, 1.54) is 32.9 Å². The number of carbonyl (C=O) groups excluding carboxylic acids is 2. The van der Waals surface area contributed by atoms with E-state index in [1.807, 2.05) is 0 Å². The molecule has 2 aliphatic rings. The number of aryl methyl sites for hydroxylation is 1. The van der Waals surface area contributed by atoms with Crippen molar-refractivity contribution < 1.29 is 32.6 Å². The molecular formula is C19H17ClFN3O6S. The molecule has 1 aromatic carbocycles. The molecule has 2 saturated heterocycles. The Morgan fingerprint density at radius 2 is 2.06 bits per heavy atom. The quantitative estimate of drug-likeness (QED) is 0.652. The molecule has 4 atom stereocenters. The van der Waals surface area contributed by atoms with Gasteiger partial charge in [0.25, 0.3) is 5.91 Å². The van der Waals surface area contributed by atoms with Crippen molar-refractivity contribution in [2.75, 3.05) is 0 Å². The van der Waals surface area contributed by atoms with Gasteiger partial charge in [0.1, 0.15) is 40.3 Å². The molecule has 4 rings (SSSR count). The molecular weight excluding hydrogens is 453 g/mol. The van der Waals surface area contributed by atoms with E-state index in [9.17, 15) is 28.1 Å². The molecule has 2 aliphatic heterocycles. The molecule has 0 aliphatic carbocycles. The molecule has 31 heavy (non-hydrogen) atoms. The first kappa shape index (κ1) is 21.4. The van der Waals surface area contributed by atoms with Gasteiger partial charge in [-0.15, -0.1) is 0 Å². The van der Waals surface area contributed by atoms with Crippen LogP contribution in [-0.4, -0.2) is 59.4 Å². The Bertz CT molecular complexity index is 1150. The lowest BCUT2D eigenvalue weighted by Gasteiger charge is -2.43. The van der Waals surface area contributed by atoms with Gasteiger partial charge in [-0.25, -0.2) is 9.18 Å². The molecule has 2 amide bonds. The van der Waals surface area contributed by atoms with Crippen LogP contribution in [0.2, 0.25) is 5.02 Å². The zero-order valence-corrected chi connectivity index (χ0v) is 18.1. The molecule has 1 unspecified atom stereocenters. The third-order valence-corrected chi connectivity index (χ3v) is 8.08. The van der Waals surface area contributed by atoms with Gasteiger partial charge < -0.3 is 19.8 Å². The number of halogens is 2. The molecule has 0 radical (unpaired) electrons. The molecule has 164 valence electrons. The summed E-state index contributed by atoms with van der Waals surface area (Å²) in [7, 11) is -1.75. The van der Waals surface area contributed by atoms with E-state index < -0.39 is 56.6 Å². The smallest absolute Gasteiger partial charge is 0.328 e. The number of rotatable bonds is 4. The van der Waals surface area contributed by atoms with Crippen molar-refractivity contribution in [3.8, 4) is 11.3 Å². The van der Waals surface area contributed by atoms with E-state index >= 15 is 0 Å². The highest BCUT2D eigenvalue weighted by Gasteiger charge is 2.68. The molecule has 0 bridgehead atoms. The summed E-state index contributed by atoms with van der Waals surface area (Å²) in [4.78, 5) is 38.3. The van der Waals surface area contributed by atoms with Crippen LogP contribution in [0.3, 0.4) is 0 Å². The van der Waals surface area contributed by atoms with Crippen LogP contribution in [0.5, 0.6) is 0 Å². The molecule has 2 N–H and O–H groups in total. The van der Waals surface area contributed by atoms with Crippen LogP contribution in [0.4, 0.5) is 4.39 Å². The van der Waals surface area contributed by atoms with Crippen molar-refractivity contribution in [2.45, 2.75) is 43.0 Å². The summed E-state index contributed by atoms with van der Waals surface area (Å²) in [5.74, 6) is -3.40. The second-order valence-corrected chi connectivity index (χ2v) is 10.3. The molecule has 2 fully saturated rings. The minimum Gasteiger partial charge on any atom is -0.480 e. The van der Waals surface area contributed by atoms with Gasteiger partial charge in [-0.1, -0.05) is 22.8 Å². The van der Waals surface area contributed by atoms with Gasteiger partial charge in [0, 0.05) is 0 Å². The van der Waals surface area contributed by atoms with Crippen LogP contribution in [0.15, 0.2) is 22.7 Å². The van der Waals surface area contributed by atoms with Gasteiger partial charge in [0.2, 0.25) is 5.91 Å². The first-order valence-corrected chi connectivity index (χ1v) is 10.7. The summed E-state index contributed by atoms with van der Waals surface area (Å²) in [6.45, 7) is 4.43. The summed E-state index contributed by atoms with van der Waals surface area (Å²) < 4.78 is 31.1. The minimum atomic E-state index is -1.75. The summed E-state index contributed by atoms with van der Waals surface area (Å²) in [5.41, 5.74) is -0.404. The van der Waals surface area contributed by atoms with Crippen LogP contribution in [0, 0.1) is 12.7 Å². The van der Waals surface area contributed by atoms with E-state index in [0.29, 0.717) is 0 Å². The molecule has 9 nitrogen and oxygen atoms in total. The highest BCUT2D eigenvalue weighted by Crippen LogP contribution is 2.43. The molecule has 3 heterocycles. The van der Waals surface area contributed by atoms with Crippen molar-refractivity contribution in [1.29, 1.82) is 0 Å². The lowest BCUT2D eigenvalue weighted by atomic mass is 9.95. The number of β-lactam (4-membered cyclic amide) rings is 1. The number of amides is 2. The number of carbonyl (C=O) groups is 3. The van der Waals surface area contributed by atoms with Crippen LogP contribution >= 0.6 is 11.6 Å². The predicted molar refractivity (Wildman–Crippen MR) is 107 cm³/mol. The lowest BCUT2D eigenvalue weighted by molar-refractivity contribution is -0.159. The fourth-order valence-electron chi connectivity index (χ4n) is 4.04. The predicted octanol–water partition coefficient (Wildman–Crippen LogP) is 1.70. The van der Waals surface area contributed by atoms with Crippen molar-refractivity contribution in [2.24, 2.45) is 0 Å². The molecule has 1 aromatic heterocycles. The second kappa shape index (κ2) is 7.13. The van der Waals surface area contributed by atoms with Gasteiger partial charge in [0.15, 0.2) is 0 Å². The van der Waals surface area contributed by atoms with Crippen LogP contribution in [-0.2, 0) is 20.4 Å². The maximum atomic E-state index is 14.4. The van der Waals surface area contributed by atoms with E-state index in [0.717, 1.165) is 11.0 Å². The van der Waals surface area contributed by atoms with Crippen LogP contribution < -0.4 is 5.32 Å². The Labute approximate surface area is 183 Å². The number of hydrogen-bond donors (Lipinski definition) is 2. The maximum Gasteiger partial charge on any atom is 0.328 e. The first-order valence-electron chi connectivity index (χ1n) is 9.15. The maximum absolute atomic E-state index is 14.4. The summed E-state index contributed by atoms with van der Waals surface area (Å²) in [6.07, 6.45) is 0. The van der Waals surface area contributed by atoms with Crippen molar-refractivity contribution in [3.05, 3.63) is 40.4 Å². The van der Waals surface area contributed by atoms with Crippen molar-refractivity contribution in [3.63, 3.8) is 0 Å². The number of hydrogen-bond acceptors (Lipinski definition) is 6. The van der Waals surface area contributed by atoms with E-state index in [4.69, 9.17) is 16.1 Å². The number of aromatic nitrogens is 1. The number of aliphatic carboxylic acids is 1. The number of carboxylic acid groups (broad SMARTS) is 1. The second-order valence-electron chi connectivity index (χ2n) is 7.79.